The number of cyclic esters (lactones) is 1. The molecular formula is C22H41N7O4. The van der Waals surface area contributed by atoms with Crippen molar-refractivity contribution in [1.29, 1.82) is 5.41 Å². The molecule has 33 heavy (non-hydrogen) atoms. The molecule has 0 aromatic heterocycles. The van der Waals surface area contributed by atoms with Gasteiger partial charge in [-0.2, -0.15) is 0 Å². The molecule has 0 spiro atoms. The number of carbonyl (C=O) groups excluding carboxylic acids is 2. The van der Waals surface area contributed by atoms with Crippen LogP contribution in [0.25, 0.3) is 0 Å². The molecule has 3 heterocycles. The van der Waals surface area contributed by atoms with E-state index in [4.69, 9.17) is 20.6 Å². The first-order chi connectivity index (χ1) is 15.9. The Labute approximate surface area is 197 Å². The summed E-state index contributed by atoms with van der Waals surface area (Å²) < 4.78 is 10.3. The van der Waals surface area contributed by atoms with E-state index in [9.17, 15) is 9.59 Å². The van der Waals surface area contributed by atoms with Crippen LogP contribution < -0.4 is 5.73 Å². The Bertz CT molecular complexity index is 649. The Morgan fingerprint density at radius 1 is 0.970 bits per heavy atom. The molecule has 1 atom stereocenters. The van der Waals surface area contributed by atoms with Crippen molar-refractivity contribution in [2.75, 3.05) is 92.2 Å². The van der Waals surface area contributed by atoms with Gasteiger partial charge in [-0.15, -0.1) is 0 Å². The number of unbranched alkanes of at least 4 members (excludes halogenated alkanes) is 1. The average Bonchev–Trinajstić information content (AvgIpc) is 3.16. The van der Waals surface area contributed by atoms with Crippen LogP contribution in [0.5, 0.6) is 0 Å². The lowest BCUT2D eigenvalue weighted by Gasteiger charge is -2.35. The van der Waals surface area contributed by atoms with Gasteiger partial charge in [-0.05, 0) is 32.4 Å². The number of ether oxygens (including phenoxy) is 2. The minimum absolute atomic E-state index is 0.0527. The minimum atomic E-state index is -0.184. The van der Waals surface area contributed by atoms with Crippen molar-refractivity contribution in [3.63, 3.8) is 0 Å². The van der Waals surface area contributed by atoms with Gasteiger partial charge in [0.15, 0.2) is 5.96 Å². The van der Waals surface area contributed by atoms with E-state index in [0.29, 0.717) is 13.0 Å². The van der Waals surface area contributed by atoms with Gasteiger partial charge in [-0.1, -0.05) is 0 Å². The van der Waals surface area contributed by atoms with E-state index < -0.39 is 0 Å². The molecule has 0 bridgehead atoms. The summed E-state index contributed by atoms with van der Waals surface area (Å²) in [4.78, 5) is 34.4. The third kappa shape index (κ3) is 8.31. The average molecular weight is 468 g/mol. The van der Waals surface area contributed by atoms with Crippen LogP contribution >= 0.6 is 0 Å². The van der Waals surface area contributed by atoms with Crippen LogP contribution in [0, 0.1) is 5.41 Å². The van der Waals surface area contributed by atoms with E-state index in [0.717, 1.165) is 97.8 Å². The highest BCUT2D eigenvalue weighted by Gasteiger charge is 2.32. The number of piperazine rings is 2. The molecule has 3 N–H and O–H groups in total. The Balaban J connectivity index is 1.24. The molecule has 3 saturated heterocycles. The number of hydrogen-bond donors (Lipinski definition) is 2. The molecule has 1 amide bonds. The normalized spacial score (nSPS) is 23.1. The highest BCUT2D eigenvalue weighted by Crippen LogP contribution is 2.15. The number of guanidine groups is 1. The van der Waals surface area contributed by atoms with Gasteiger partial charge in [0.2, 0.25) is 0 Å². The number of nitrogens with two attached hydrogens (primary N) is 1. The van der Waals surface area contributed by atoms with Gasteiger partial charge in [0.1, 0.15) is 6.10 Å². The fourth-order valence-corrected chi connectivity index (χ4v) is 4.74. The third-order valence-electron chi connectivity index (χ3n) is 6.82. The van der Waals surface area contributed by atoms with Gasteiger partial charge < -0.3 is 29.9 Å². The van der Waals surface area contributed by atoms with Gasteiger partial charge in [0.25, 0.3) is 0 Å². The zero-order valence-electron chi connectivity index (χ0n) is 20.0. The molecule has 0 aromatic rings. The maximum absolute atomic E-state index is 12.3. The van der Waals surface area contributed by atoms with E-state index >= 15 is 0 Å². The van der Waals surface area contributed by atoms with Crippen LogP contribution in [0.2, 0.25) is 0 Å². The second-order valence-electron chi connectivity index (χ2n) is 9.19. The Morgan fingerprint density at radius 2 is 1.55 bits per heavy atom. The molecule has 0 aromatic carbocycles. The summed E-state index contributed by atoms with van der Waals surface area (Å²) in [5, 5.41) is 7.50. The highest BCUT2D eigenvalue weighted by molar-refractivity contribution is 5.74. The number of hydrogen-bond acceptors (Lipinski definition) is 8. The highest BCUT2D eigenvalue weighted by atomic mass is 16.6. The van der Waals surface area contributed by atoms with Crippen LogP contribution in [-0.2, 0) is 14.3 Å². The molecule has 188 valence electrons. The van der Waals surface area contributed by atoms with Crippen molar-refractivity contribution < 1.29 is 19.1 Å². The summed E-state index contributed by atoms with van der Waals surface area (Å²) in [5.74, 6) is 0.0167. The van der Waals surface area contributed by atoms with Crippen LogP contribution in [0.1, 0.15) is 25.7 Å². The Hall–Kier alpha value is -2.11. The van der Waals surface area contributed by atoms with Crippen molar-refractivity contribution in [3.05, 3.63) is 0 Å². The maximum Gasteiger partial charge on any atom is 0.410 e. The quantitative estimate of drug-likeness (QED) is 0.182. The molecule has 0 saturated carbocycles. The minimum Gasteiger partial charge on any atom is -0.469 e. The van der Waals surface area contributed by atoms with Crippen LogP contribution in [0.3, 0.4) is 0 Å². The monoisotopic (exact) mass is 467 g/mol. The molecule has 0 radical (unpaired) electrons. The van der Waals surface area contributed by atoms with Crippen molar-refractivity contribution in [1.82, 2.24) is 24.5 Å². The smallest absolute Gasteiger partial charge is 0.410 e. The topological polar surface area (TPSA) is 119 Å². The first-order valence-electron chi connectivity index (χ1n) is 12.2. The lowest BCUT2D eigenvalue weighted by Crippen LogP contribution is -2.50. The first kappa shape index (κ1) is 25.5. The van der Waals surface area contributed by atoms with Crippen LogP contribution in [-0.4, -0.2) is 141 Å². The predicted octanol–water partition coefficient (Wildman–Crippen LogP) is -0.331. The Morgan fingerprint density at radius 3 is 2.18 bits per heavy atom. The largest absolute Gasteiger partial charge is 0.469 e. The number of carbonyl (C=O) groups is 2. The van der Waals surface area contributed by atoms with E-state index in [2.05, 4.69) is 14.7 Å². The molecule has 0 aliphatic carbocycles. The zero-order valence-corrected chi connectivity index (χ0v) is 20.0. The zero-order chi connectivity index (χ0) is 23.6. The summed E-state index contributed by atoms with van der Waals surface area (Å²) in [6, 6.07) is 0. The van der Waals surface area contributed by atoms with E-state index in [1.165, 1.54) is 7.11 Å². The van der Waals surface area contributed by atoms with Crippen molar-refractivity contribution in [2.24, 2.45) is 5.73 Å². The standard InChI is InChI=1S/C22H41N7O4/c1-32-20(30)5-4-7-26-9-11-27(12-10-26)17-19-18-29(22(31)33-19)8-3-2-6-25-13-15-28(16-14-25)21(23)24/h19H,2-18H2,1H3,(H3,23,24). The SMILES string of the molecule is COC(=O)CCCN1CCN(CC2CN(CCCCN3CCN(C(=N)N)CC3)C(=O)O2)CC1. The molecule has 3 rings (SSSR count). The number of methoxy groups -OCH3 is 1. The molecule has 3 aliphatic rings. The summed E-state index contributed by atoms with van der Waals surface area (Å²) >= 11 is 0. The number of esters is 1. The third-order valence-corrected chi connectivity index (χ3v) is 6.82. The van der Waals surface area contributed by atoms with Crippen molar-refractivity contribution >= 4 is 18.0 Å². The molecule has 11 nitrogen and oxygen atoms in total. The van der Waals surface area contributed by atoms with Gasteiger partial charge in [0.05, 0.1) is 13.7 Å². The lowest BCUT2D eigenvalue weighted by atomic mass is 10.2. The summed E-state index contributed by atoms with van der Waals surface area (Å²) in [7, 11) is 1.43. The summed E-state index contributed by atoms with van der Waals surface area (Å²) in [5.41, 5.74) is 5.55. The molecular weight excluding hydrogens is 426 g/mol. The molecule has 3 fully saturated rings. The Kier molecular flexibility index (Phi) is 10.0. The predicted molar refractivity (Wildman–Crippen MR) is 125 cm³/mol. The number of nitrogens with zero attached hydrogens (tertiary/aromatic N) is 5. The second-order valence-corrected chi connectivity index (χ2v) is 9.19. The lowest BCUT2D eigenvalue weighted by molar-refractivity contribution is -0.140. The van der Waals surface area contributed by atoms with E-state index in [1.54, 1.807) is 0 Å². The van der Waals surface area contributed by atoms with Gasteiger partial charge in [-0.25, -0.2) is 4.79 Å². The van der Waals surface area contributed by atoms with E-state index in [-0.39, 0.29) is 24.1 Å². The van der Waals surface area contributed by atoms with Crippen LogP contribution in [0.15, 0.2) is 0 Å². The van der Waals surface area contributed by atoms with Gasteiger partial charge in [0, 0.05) is 71.9 Å². The van der Waals surface area contributed by atoms with Crippen molar-refractivity contribution in [2.45, 2.75) is 31.8 Å². The number of amides is 1. The number of nitrogens with one attached hydrogen (secondary N) is 1. The maximum atomic E-state index is 12.3. The molecule has 3 aliphatic heterocycles. The first-order valence-corrected chi connectivity index (χ1v) is 12.2. The van der Waals surface area contributed by atoms with Crippen molar-refractivity contribution in [3.8, 4) is 0 Å². The fourth-order valence-electron chi connectivity index (χ4n) is 4.74. The van der Waals surface area contributed by atoms with Gasteiger partial charge in [-0.3, -0.25) is 20.0 Å². The second kappa shape index (κ2) is 13.0. The summed E-state index contributed by atoms with van der Waals surface area (Å²) in [6.45, 7) is 11.5. The van der Waals surface area contributed by atoms with E-state index in [1.807, 2.05) is 9.80 Å². The fraction of sp³-hybridized carbons (Fsp3) is 0.864. The van der Waals surface area contributed by atoms with Gasteiger partial charge >= 0.3 is 12.1 Å². The number of rotatable bonds is 11. The molecule has 11 heteroatoms. The molecule has 1 unspecified atom stereocenters. The summed E-state index contributed by atoms with van der Waals surface area (Å²) in [6.07, 6.45) is 3.09. The van der Waals surface area contributed by atoms with Crippen LogP contribution in [0.4, 0.5) is 4.79 Å².